The van der Waals surface area contributed by atoms with E-state index in [9.17, 15) is 9.59 Å². The Kier molecular flexibility index (Phi) is 5.94. The van der Waals surface area contributed by atoms with E-state index in [-0.39, 0.29) is 6.42 Å². The van der Waals surface area contributed by atoms with Gasteiger partial charge in [-0.05, 0) is 39.0 Å². The highest BCUT2D eigenvalue weighted by molar-refractivity contribution is 7.98. The summed E-state index contributed by atoms with van der Waals surface area (Å²) in [5.74, 6) is -1.11. The average Bonchev–Trinajstić information content (AvgIpc) is 2.37. The van der Waals surface area contributed by atoms with Crippen LogP contribution in [0.3, 0.4) is 0 Å². The van der Waals surface area contributed by atoms with Crippen molar-refractivity contribution in [3.63, 3.8) is 0 Å². The van der Waals surface area contributed by atoms with Gasteiger partial charge in [0.2, 0.25) is 0 Å². The SMILES string of the molecule is CSc1nc(C)c(CCC(=O)O[C@@H](C)C(N)=O)c(C)n1. The van der Waals surface area contributed by atoms with E-state index in [1.165, 1.54) is 18.7 Å². The van der Waals surface area contributed by atoms with Gasteiger partial charge in [-0.2, -0.15) is 0 Å². The summed E-state index contributed by atoms with van der Waals surface area (Å²) in [5, 5.41) is 0.716. The third-order valence-corrected chi connectivity index (χ3v) is 3.42. The maximum Gasteiger partial charge on any atom is 0.306 e. The molecule has 0 fully saturated rings. The van der Waals surface area contributed by atoms with Crippen molar-refractivity contribution in [1.82, 2.24) is 9.97 Å². The first-order valence-corrected chi connectivity index (χ1v) is 7.44. The van der Waals surface area contributed by atoms with E-state index in [0.29, 0.717) is 11.6 Å². The lowest BCUT2D eigenvalue weighted by molar-refractivity contribution is -0.153. The second-order valence-electron chi connectivity index (χ2n) is 4.39. The van der Waals surface area contributed by atoms with Crippen LogP contribution in [-0.4, -0.2) is 34.2 Å². The number of rotatable bonds is 6. The number of amides is 1. The Labute approximate surface area is 122 Å². The number of carbonyl (C=O) groups is 2. The summed E-state index contributed by atoms with van der Waals surface area (Å²) < 4.78 is 4.90. The molecular weight excluding hydrogens is 278 g/mol. The van der Waals surface area contributed by atoms with Gasteiger partial charge in [-0.15, -0.1) is 0 Å². The molecule has 1 heterocycles. The Balaban J connectivity index is 2.66. The fourth-order valence-corrected chi connectivity index (χ4v) is 2.16. The lowest BCUT2D eigenvalue weighted by atomic mass is 10.1. The largest absolute Gasteiger partial charge is 0.453 e. The van der Waals surface area contributed by atoms with Gasteiger partial charge in [-0.25, -0.2) is 9.97 Å². The van der Waals surface area contributed by atoms with Crippen LogP contribution in [0.5, 0.6) is 0 Å². The number of ether oxygens (including phenoxy) is 1. The molecule has 1 aromatic heterocycles. The molecule has 1 rings (SSSR count). The molecule has 1 atom stereocenters. The molecule has 1 amide bonds. The summed E-state index contributed by atoms with van der Waals surface area (Å²) in [6, 6.07) is 0. The Hall–Kier alpha value is -1.63. The van der Waals surface area contributed by atoms with E-state index in [4.69, 9.17) is 10.5 Å². The Morgan fingerprint density at radius 1 is 1.30 bits per heavy atom. The molecule has 2 N–H and O–H groups in total. The average molecular weight is 297 g/mol. The van der Waals surface area contributed by atoms with Crippen LogP contribution >= 0.6 is 11.8 Å². The smallest absolute Gasteiger partial charge is 0.306 e. The molecule has 110 valence electrons. The summed E-state index contributed by atoms with van der Waals surface area (Å²) in [5.41, 5.74) is 7.69. The molecule has 0 saturated carbocycles. The maximum absolute atomic E-state index is 11.6. The van der Waals surface area contributed by atoms with Crippen LogP contribution in [0.25, 0.3) is 0 Å². The number of nitrogens with two attached hydrogens (primary N) is 1. The Morgan fingerprint density at radius 2 is 1.85 bits per heavy atom. The van der Waals surface area contributed by atoms with E-state index < -0.39 is 18.0 Å². The highest BCUT2D eigenvalue weighted by atomic mass is 32.2. The van der Waals surface area contributed by atoms with E-state index in [1.807, 2.05) is 20.1 Å². The molecule has 20 heavy (non-hydrogen) atoms. The van der Waals surface area contributed by atoms with E-state index in [2.05, 4.69) is 9.97 Å². The van der Waals surface area contributed by atoms with Gasteiger partial charge in [0.1, 0.15) is 0 Å². The minimum Gasteiger partial charge on any atom is -0.453 e. The monoisotopic (exact) mass is 297 g/mol. The number of aromatic nitrogens is 2. The van der Waals surface area contributed by atoms with Crippen molar-refractivity contribution in [1.29, 1.82) is 0 Å². The maximum atomic E-state index is 11.6. The summed E-state index contributed by atoms with van der Waals surface area (Å²) in [6.45, 7) is 5.23. The normalized spacial score (nSPS) is 12.0. The van der Waals surface area contributed by atoms with Crippen LogP contribution in [0.1, 0.15) is 30.3 Å². The molecule has 0 aliphatic rings. The number of primary amides is 1. The number of nitrogens with zero attached hydrogens (tertiary/aromatic N) is 2. The standard InChI is InChI=1S/C13H19N3O3S/c1-7-10(8(2)16-13(15-7)20-4)5-6-11(17)19-9(3)12(14)18/h9H,5-6H2,1-4H3,(H2,14,18)/t9-/m0/s1. The van der Waals surface area contributed by atoms with Crippen molar-refractivity contribution in [2.45, 2.75) is 44.9 Å². The minimum atomic E-state index is -0.903. The third-order valence-electron chi connectivity index (χ3n) is 2.87. The number of esters is 1. The predicted octanol–water partition coefficient (Wildman–Crippen LogP) is 1.16. The lowest BCUT2D eigenvalue weighted by Crippen LogP contribution is -2.30. The first kappa shape index (κ1) is 16.4. The zero-order valence-electron chi connectivity index (χ0n) is 12.1. The second kappa shape index (κ2) is 7.23. The highest BCUT2D eigenvalue weighted by Crippen LogP contribution is 2.17. The molecule has 0 radical (unpaired) electrons. The van der Waals surface area contributed by atoms with Gasteiger partial charge in [0, 0.05) is 17.8 Å². The molecular formula is C13H19N3O3S. The van der Waals surface area contributed by atoms with Gasteiger partial charge < -0.3 is 10.5 Å². The zero-order chi connectivity index (χ0) is 15.3. The van der Waals surface area contributed by atoms with Crippen molar-refractivity contribution in [3.05, 3.63) is 17.0 Å². The van der Waals surface area contributed by atoms with Crippen LogP contribution < -0.4 is 5.73 Å². The first-order valence-electron chi connectivity index (χ1n) is 6.22. The molecule has 0 aliphatic carbocycles. The number of aryl methyl sites for hydroxylation is 2. The Morgan fingerprint density at radius 3 is 2.30 bits per heavy atom. The van der Waals surface area contributed by atoms with Crippen LogP contribution in [0.2, 0.25) is 0 Å². The number of thioether (sulfide) groups is 1. The number of hydrogen-bond donors (Lipinski definition) is 1. The molecule has 0 unspecified atom stereocenters. The van der Waals surface area contributed by atoms with Crippen LogP contribution in [0, 0.1) is 13.8 Å². The zero-order valence-corrected chi connectivity index (χ0v) is 12.9. The van der Waals surface area contributed by atoms with Gasteiger partial charge in [-0.1, -0.05) is 11.8 Å². The fraction of sp³-hybridized carbons (Fsp3) is 0.538. The quantitative estimate of drug-likeness (QED) is 0.481. The number of hydrogen-bond acceptors (Lipinski definition) is 6. The first-order chi connectivity index (χ1) is 9.35. The summed E-state index contributed by atoms with van der Waals surface area (Å²) in [6.07, 6.45) is 1.66. The summed E-state index contributed by atoms with van der Waals surface area (Å²) in [7, 11) is 0. The van der Waals surface area contributed by atoms with Gasteiger partial charge in [0.25, 0.3) is 5.91 Å². The molecule has 0 aromatic carbocycles. The van der Waals surface area contributed by atoms with Crippen molar-refractivity contribution in [2.75, 3.05) is 6.26 Å². The summed E-state index contributed by atoms with van der Waals surface area (Å²) >= 11 is 1.48. The van der Waals surface area contributed by atoms with Crippen molar-refractivity contribution in [3.8, 4) is 0 Å². The van der Waals surface area contributed by atoms with Crippen molar-refractivity contribution in [2.24, 2.45) is 5.73 Å². The Bertz CT molecular complexity index is 497. The van der Waals surface area contributed by atoms with Crippen LogP contribution in [-0.2, 0) is 20.7 Å². The van der Waals surface area contributed by atoms with Crippen LogP contribution in [0.15, 0.2) is 5.16 Å². The lowest BCUT2D eigenvalue weighted by Gasteiger charge is -2.11. The predicted molar refractivity (Wildman–Crippen MR) is 76.4 cm³/mol. The third kappa shape index (κ3) is 4.48. The topological polar surface area (TPSA) is 95.2 Å². The van der Waals surface area contributed by atoms with Gasteiger partial charge in [0.05, 0.1) is 0 Å². The number of carbonyl (C=O) groups excluding carboxylic acids is 2. The minimum absolute atomic E-state index is 0.168. The highest BCUT2D eigenvalue weighted by Gasteiger charge is 2.16. The summed E-state index contributed by atoms with van der Waals surface area (Å²) in [4.78, 5) is 31.1. The van der Waals surface area contributed by atoms with Crippen molar-refractivity contribution < 1.29 is 14.3 Å². The van der Waals surface area contributed by atoms with Gasteiger partial charge >= 0.3 is 5.97 Å². The van der Waals surface area contributed by atoms with E-state index in [0.717, 1.165) is 17.0 Å². The molecule has 0 spiro atoms. The molecule has 6 nitrogen and oxygen atoms in total. The van der Waals surface area contributed by atoms with Gasteiger partial charge in [0.15, 0.2) is 11.3 Å². The molecule has 0 saturated heterocycles. The molecule has 1 aromatic rings. The van der Waals surface area contributed by atoms with Crippen LogP contribution in [0.4, 0.5) is 0 Å². The molecule has 0 aliphatic heterocycles. The van der Waals surface area contributed by atoms with E-state index in [1.54, 1.807) is 0 Å². The second-order valence-corrected chi connectivity index (χ2v) is 5.17. The molecule has 7 heteroatoms. The van der Waals surface area contributed by atoms with Gasteiger partial charge in [-0.3, -0.25) is 9.59 Å². The van der Waals surface area contributed by atoms with Crippen molar-refractivity contribution >= 4 is 23.6 Å². The molecule has 0 bridgehead atoms. The fourth-order valence-electron chi connectivity index (χ4n) is 1.70. The van der Waals surface area contributed by atoms with E-state index >= 15 is 0 Å².